The lowest BCUT2D eigenvalue weighted by Crippen LogP contribution is -2.48. The van der Waals surface area contributed by atoms with Gasteiger partial charge in [0.05, 0.1) is 17.4 Å². The molecule has 3 N–H and O–H groups in total. The van der Waals surface area contributed by atoms with Crippen molar-refractivity contribution in [1.29, 1.82) is 0 Å². The third-order valence-electron chi connectivity index (χ3n) is 4.80. The maximum absolute atomic E-state index is 12.3. The SMILES string of the molecule is Cc1cc(C(=O)NNC(=O)C2C3CCC(C3)C2C(=O)O)cs1. The van der Waals surface area contributed by atoms with Crippen LogP contribution in [0, 0.1) is 30.6 Å². The number of amides is 2. The van der Waals surface area contributed by atoms with Gasteiger partial charge in [-0.2, -0.15) is 0 Å². The van der Waals surface area contributed by atoms with E-state index in [1.807, 2.05) is 6.92 Å². The minimum Gasteiger partial charge on any atom is -0.481 e. The molecule has 0 saturated heterocycles. The Kier molecular flexibility index (Phi) is 3.90. The molecule has 4 unspecified atom stereocenters. The van der Waals surface area contributed by atoms with E-state index in [1.165, 1.54) is 11.3 Å². The van der Waals surface area contributed by atoms with Crippen LogP contribution in [-0.2, 0) is 9.59 Å². The molecule has 2 aliphatic carbocycles. The van der Waals surface area contributed by atoms with E-state index < -0.39 is 17.8 Å². The molecular formula is C15H18N2O4S. The molecule has 0 aromatic carbocycles. The lowest BCUT2D eigenvalue weighted by Gasteiger charge is -2.26. The van der Waals surface area contributed by atoms with Crippen molar-refractivity contribution in [3.05, 3.63) is 21.9 Å². The number of nitrogens with one attached hydrogen (secondary N) is 2. The second-order valence-electron chi connectivity index (χ2n) is 6.11. The fourth-order valence-electron chi connectivity index (χ4n) is 3.86. The van der Waals surface area contributed by atoms with Crippen molar-refractivity contribution in [2.24, 2.45) is 23.7 Å². The first kappa shape index (κ1) is 15.0. The van der Waals surface area contributed by atoms with Crippen LogP contribution in [0.4, 0.5) is 0 Å². The molecule has 2 saturated carbocycles. The first-order valence-electron chi connectivity index (χ1n) is 7.35. The number of fused-ring (bicyclic) bond motifs is 2. The van der Waals surface area contributed by atoms with Gasteiger partial charge in [-0.25, -0.2) is 0 Å². The Bertz CT molecular complexity index is 627. The molecule has 118 valence electrons. The molecule has 2 amide bonds. The molecule has 3 rings (SSSR count). The van der Waals surface area contributed by atoms with Crippen molar-refractivity contribution >= 4 is 29.1 Å². The fraction of sp³-hybridized carbons (Fsp3) is 0.533. The summed E-state index contributed by atoms with van der Waals surface area (Å²) < 4.78 is 0. The zero-order valence-electron chi connectivity index (χ0n) is 12.2. The quantitative estimate of drug-likeness (QED) is 0.736. The minimum atomic E-state index is -0.910. The monoisotopic (exact) mass is 322 g/mol. The van der Waals surface area contributed by atoms with Crippen molar-refractivity contribution < 1.29 is 19.5 Å². The number of thiophene rings is 1. The van der Waals surface area contributed by atoms with Crippen LogP contribution in [0.3, 0.4) is 0 Å². The summed E-state index contributed by atoms with van der Waals surface area (Å²) in [5.41, 5.74) is 5.28. The van der Waals surface area contributed by atoms with Gasteiger partial charge in [-0.3, -0.25) is 25.2 Å². The number of carboxylic acids is 1. The maximum Gasteiger partial charge on any atom is 0.307 e. The number of carbonyl (C=O) groups is 3. The molecule has 22 heavy (non-hydrogen) atoms. The van der Waals surface area contributed by atoms with Crippen LogP contribution in [0.5, 0.6) is 0 Å². The van der Waals surface area contributed by atoms with Gasteiger partial charge in [0, 0.05) is 10.3 Å². The van der Waals surface area contributed by atoms with Gasteiger partial charge in [-0.15, -0.1) is 11.3 Å². The highest BCUT2D eigenvalue weighted by molar-refractivity contribution is 7.10. The molecule has 2 bridgehead atoms. The Morgan fingerprint density at radius 2 is 1.86 bits per heavy atom. The van der Waals surface area contributed by atoms with Crippen LogP contribution in [-0.4, -0.2) is 22.9 Å². The first-order chi connectivity index (χ1) is 10.5. The fourth-order valence-corrected chi connectivity index (χ4v) is 4.54. The Balaban J connectivity index is 1.62. The summed E-state index contributed by atoms with van der Waals surface area (Å²) in [6.07, 6.45) is 2.57. The van der Waals surface area contributed by atoms with Gasteiger partial charge in [0.1, 0.15) is 0 Å². The van der Waals surface area contributed by atoms with Gasteiger partial charge in [0.15, 0.2) is 0 Å². The van der Waals surface area contributed by atoms with E-state index in [0.717, 1.165) is 24.1 Å². The summed E-state index contributed by atoms with van der Waals surface area (Å²) >= 11 is 1.46. The normalized spacial score (nSPS) is 29.3. The van der Waals surface area contributed by atoms with Crippen LogP contribution < -0.4 is 10.9 Å². The molecular weight excluding hydrogens is 304 g/mol. The van der Waals surface area contributed by atoms with Crippen molar-refractivity contribution in [2.75, 3.05) is 0 Å². The second-order valence-corrected chi connectivity index (χ2v) is 7.23. The Hall–Kier alpha value is -1.89. The van der Waals surface area contributed by atoms with Crippen LogP contribution >= 0.6 is 11.3 Å². The highest BCUT2D eigenvalue weighted by Crippen LogP contribution is 2.52. The Morgan fingerprint density at radius 3 is 2.45 bits per heavy atom. The number of aryl methyl sites for hydroxylation is 1. The molecule has 1 heterocycles. The van der Waals surface area contributed by atoms with Crippen molar-refractivity contribution in [3.63, 3.8) is 0 Å². The zero-order chi connectivity index (χ0) is 15.9. The molecule has 2 aliphatic rings. The van der Waals surface area contributed by atoms with Gasteiger partial charge in [0.2, 0.25) is 5.91 Å². The third-order valence-corrected chi connectivity index (χ3v) is 5.66. The highest BCUT2D eigenvalue weighted by Gasteiger charge is 2.54. The topological polar surface area (TPSA) is 95.5 Å². The predicted molar refractivity (Wildman–Crippen MR) is 80.1 cm³/mol. The van der Waals surface area contributed by atoms with Gasteiger partial charge in [0.25, 0.3) is 5.91 Å². The number of carboxylic acid groups (broad SMARTS) is 1. The van der Waals surface area contributed by atoms with Gasteiger partial charge in [-0.1, -0.05) is 0 Å². The van der Waals surface area contributed by atoms with Gasteiger partial charge >= 0.3 is 5.97 Å². The van der Waals surface area contributed by atoms with Crippen LogP contribution in [0.15, 0.2) is 11.4 Å². The van der Waals surface area contributed by atoms with E-state index in [-0.39, 0.29) is 23.7 Å². The van der Waals surface area contributed by atoms with Gasteiger partial charge < -0.3 is 5.11 Å². The van der Waals surface area contributed by atoms with E-state index in [9.17, 15) is 19.5 Å². The summed E-state index contributed by atoms with van der Waals surface area (Å²) in [6.45, 7) is 1.90. The molecule has 7 heteroatoms. The summed E-state index contributed by atoms with van der Waals surface area (Å²) in [7, 11) is 0. The average Bonchev–Trinajstić information content (AvgIpc) is 3.18. The number of rotatable bonds is 3. The predicted octanol–water partition coefficient (Wildman–Crippen LogP) is 1.56. The van der Waals surface area contributed by atoms with E-state index >= 15 is 0 Å². The number of hydrogen-bond acceptors (Lipinski definition) is 4. The summed E-state index contributed by atoms with van der Waals surface area (Å²) in [4.78, 5) is 36.6. The lowest BCUT2D eigenvalue weighted by molar-refractivity contribution is -0.149. The van der Waals surface area contributed by atoms with Crippen LogP contribution in [0.2, 0.25) is 0 Å². The molecule has 1 aromatic heterocycles. The smallest absolute Gasteiger partial charge is 0.307 e. The molecule has 2 fully saturated rings. The number of aliphatic carboxylic acids is 1. The Morgan fingerprint density at radius 1 is 1.18 bits per heavy atom. The summed E-state index contributed by atoms with van der Waals surface area (Å²) in [5, 5.41) is 11.1. The summed E-state index contributed by atoms with van der Waals surface area (Å²) in [5.74, 6) is -2.64. The molecule has 0 radical (unpaired) electrons. The Labute approximate surface area is 131 Å². The minimum absolute atomic E-state index is 0.0912. The number of hydrazine groups is 1. The second kappa shape index (κ2) is 5.72. The molecule has 1 aromatic rings. The van der Waals surface area contributed by atoms with Crippen molar-refractivity contribution in [1.82, 2.24) is 10.9 Å². The molecule has 4 atom stereocenters. The number of carbonyl (C=O) groups excluding carboxylic acids is 2. The standard InChI is InChI=1S/C15H18N2O4S/c1-7-4-10(6-22-7)13(18)16-17-14(19)11-8-2-3-9(5-8)12(11)15(20)21/h4,6,8-9,11-12H,2-3,5H2,1H3,(H,16,18)(H,17,19)(H,20,21). The first-order valence-corrected chi connectivity index (χ1v) is 8.23. The highest BCUT2D eigenvalue weighted by atomic mass is 32.1. The zero-order valence-corrected chi connectivity index (χ0v) is 13.0. The summed E-state index contributed by atoms with van der Waals surface area (Å²) in [6, 6.07) is 1.74. The van der Waals surface area contributed by atoms with Crippen LogP contribution in [0.1, 0.15) is 34.5 Å². The molecule has 0 aliphatic heterocycles. The van der Waals surface area contributed by atoms with E-state index in [1.54, 1.807) is 11.4 Å². The average molecular weight is 322 g/mol. The number of hydrogen-bond donors (Lipinski definition) is 3. The van der Waals surface area contributed by atoms with Crippen LogP contribution in [0.25, 0.3) is 0 Å². The van der Waals surface area contributed by atoms with E-state index in [2.05, 4.69) is 10.9 Å². The molecule has 6 nitrogen and oxygen atoms in total. The third kappa shape index (κ3) is 2.61. The van der Waals surface area contributed by atoms with Crippen molar-refractivity contribution in [3.8, 4) is 0 Å². The van der Waals surface area contributed by atoms with Gasteiger partial charge in [-0.05, 0) is 44.1 Å². The maximum atomic E-state index is 12.3. The van der Waals surface area contributed by atoms with Crippen molar-refractivity contribution in [2.45, 2.75) is 26.2 Å². The van der Waals surface area contributed by atoms with E-state index in [4.69, 9.17) is 0 Å². The van der Waals surface area contributed by atoms with E-state index in [0.29, 0.717) is 5.56 Å². The largest absolute Gasteiger partial charge is 0.481 e. The molecule has 0 spiro atoms. The lowest BCUT2D eigenvalue weighted by atomic mass is 9.79.